The zero-order valence-corrected chi connectivity index (χ0v) is 20.1. The van der Waals surface area contributed by atoms with Crippen LogP contribution in [0.3, 0.4) is 0 Å². The number of anilines is 2. The van der Waals surface area contributed by atoms with Crippen LogP contribution in [0.4, 0.5) is 11.4 Å². The van der Waals surface area contributed by atoms with E-state index in [1.807, 2.05) is 31.3 Å². The number of nitrogens with zero attached hydrogens (tertiary/aromatic N) is 2. The lowest BCUT2D eigenvalue weighted by Gasteiger charge is -2.24. The maximum absolute atomic E-state index is 13.0. The average molecular weight is 463 g/mol. The Labute approximate surface area is 191 Å². The highest BCUT2D eigenvalue weighted by molar-refractivity contribution is 7.89. The minimum Gasteiger partial charge on any atom is -0.362 e. The van der Waals surface area contributed by atoms with Gasteiger partial charge in [0, 0.05) is 25.4 Å². The number of fused-ring (bicyclic) bond motifs is 1. The van der Waals surface area contributed by atoms with Crippen LogP contribution in [0, 0.1) is 5.92 Å². The van der Waals surface area contributed by atoms with Crippen LogP contribution in [0.2, 0.25) is 0 Å². The highest BCUT2D eigenvalue weighted by atomic mass is 32.2. The number of hydrogen-bond donors (Lipinski definition) is 2. The molecule has 8 nitrogen and oxygen atoms in total. The SMILES string of the molecule is CCOCOC[C@H](CC(C)C)NS(=O)(=O)c1ccc(CN2c3ccncc3NC2C)cc1. The Balaban J connectivity index is 1.65. The Morgan fingerprint density at radius 3 is 2.62 bits per heavy atom. The molecule has 2 N–H and O–H groups in total. The summed E-state index contributed by atoms with van der Waals surface area (Å²) in [5.74, 6) is 0.329. The van der Waals surface area contributed by atoms with Gasteiger partial charge in [0.1, 0.15) is 6.79 Å². The monoisotopic (exact) mass is 462 g/mol. The van der Waals surface area contributed by atoms with Crippen molar-refractivity contribution in [3.8, 4) is 0 Å². The molecule has 0 amide bonds. The van der Waals surface area contributed by atoms with Gasteiger partial charge in [0.25, 0.3) is 0 Å². The Morgan fingerprint density at radius 1 is 1.19 bits per heavy atom. The molecule has 0 aliphatic carbocycles. The number of nitrogens with one attached hydrogen (secondary N) is 2. The largest absolute Gasteiger partial charge is 0.362 e. The number of rotatable bonds is 12. The molecule has 0 bridgehead atoms. The van der Waals surface area contributed by atoms with Crippen molar-refractivity contribution in [2.45, 2.75) is 57.8 Å². The van der Waals surface area contributed by atoms with Crippen molar-refractivity contribution in [1.29, 1.82) is 0 Å². The van der Waals surface area contributed by atoms with E-state index in [2.05, 4.69) is 40.7 Å². The second kappa shape index (κ2) is 11.1. The molecule has 1 aromatic heterocycles. The fourth-order valence-electron chi connectivity index (χ4n) is 3.79. The molecule has 2 aromatic rings. The van der Waals surface area contributed by atoms with E-state index in [4.69, 9.17) is 9.47 Å². The molecule has 1 aliphatic rings. The quantitative estimate of drug-likeness (QED) is 0.368. The van der Waals surface area contributed by atoms with E-state index < -0.39 is 10.0 Å². The van der Waals surface area contributed by atoms with Gasteiger partial charge < -0.3 is 19.7 Å². The molecule has 1 unspecified atom stereocenters. The third kappa shape index (κ3) is 6.41. The summed E-state index contributed by atoms with van der Waals surface area (Å²) in [6.45, 7) is 9.74. The van der Waals surface area contributed by atoms with Crippen LogP contribution >= 0.6 is 0 Å². The second-order valence-corrected chi connectivity index (χ2v) is 10.1. The van der Waals surface area contributed by atoms with Crippen molar-refractivity contribution in [2.75, 3.05) is 30.2 Å². The van der Waals surface area contributed by atoms with Gasteiger partial charge in [-0.1, -0.05) is 26.0 Å². The minimum atomic E-state index is -3.66. The van der Waals surface area contributed by atoms with Gasteiger partial charge in [0.2, 0.25) is 10.0 Å². The second-order valence-electron chi connectivity index (χ2n) is 8.41. The fourth-order valence-corrected chi connectivity index (χ4v) is 5.03. The van der Waals surface area contributed by atoms with E-state index in [0.717, 1.165) is 16.9 Å². The Hall–Kier alpha value is -2.20. The molecule has 1 aromatic carbocycles. The van der Waals surface area contributed by atoms with Gasteiger partial charge in [-0.2, -0.15) is 0 Å². The summed E-state index contributed by atoms with van der Waals surface area (Å²) in [5.41, 5.74) is 3.13. The molecule has 1 aliphatic heterocycles. The first-order valence-electron chi connectivity index (χ1n) is 11.0. The van der Waals surface area contributed by atoms with Crippen molar-refractivity contribution in [3.05, 3.63) is 48.3 Å². The molecule has 2 heterocycles. The highest BCUT2D eigenvalue weighted by Crippen LogP contribution is 2.34. The van der Waals surface area contributed by atoms with Gasteiger partial charge in [0.05, 0.1) is 35.2 Å². The van der Waals surface area contributed by atoms with Crippen LogP contribution < -0.4 is 14.9 Å². The number of aromatic nitrogens is 1. The summed E-state index contributed by atoms with van der Waals surface area (Å²) in [6.07, 6.45) is 4.40. The van der Waals surface area contributed by atoms with E-state index in [1.165, 1.54) is 0 Å². The summed E-state index contributed by atoms with van der Waals surface area (Å²) in [5, 5.41) is 3.40. The van der Waals surface area contributed by atoms with Gasteiger partial charge in [0.15, 0.2) is 0 Å². The summed E-state index contributed by atoms with van der Waals surface area (Å²) < 4.78 is 39.4. The van der Waals surface area contributed by atoms with E-state index in [9.17, 15) is 8.42 Å². The van der Waals surface area contributed by atoms with Crippen molar-refractivity contribution in [3.63, 3.8) is 0 Å². The first-order chi connectivity index (χ1) is 15.3. The number of ether oxygens (including phenoxy) is 2. The van der Waals surface area contributed by atoms with Crippen molar-refractivity contribution >= 4 is 21.4 Å². The third-order valence-corrected chi connectivity index (χ3v) is 6.83. The fraction of sp³-hybridized carbons (Fsp3) is 0.522. The number of pyridine rings is 1. The van der Waals surface area contributed by atoms with Crippen molar-refractivity contribution in [1.82, 2.24) is 9.71 Å². The topological polar surface area (TPSA) is 92.8 Å². The smallest absolute Gasteiger partial charge is 0.240 e. The number of benzene rings is 1. The Morgan fingerprint density at radius 2 is 1.94 bits per heavy atom. The minimum absolute atomic E-state index is 0.132. The van der Waals surface area contributed by atoms with Crippen LogP contribution in [0.15, 0.2) is 47.6 Å². The van der Waals surface area contributed by atoms with Crippen LogP contribution in [0.25, 0.3) is 0 Å². The van der Waals surface area contributed by atoms with E-state index in [-0.39, 0.29) is 30.5 Å². The lowest BCUT2D eigenvalue weighted by atomic mass is 10.1. The molecule has 0 spiro atoms. The first kappa shape index (κ1) is 24.4. The van der Waals surface area contributed by atoms with Crippen LogP contribution in [-0.2, 0) is 26.0 Å². The molecule has 9 heteroatoms. The zero-order valence-electron chi connectivity index (χ0n) is 19.2. The van der Waals surface area contributed by atoms with Crippen molar-refractivity contribution in [2.24, 2.45) is 5.92 Å². The molecule has 32 heavy (non-hydrogen) atoms. The molecule has 0 fully saturated rings. The van der Waals surface area contributed by atoms with Crippen LogP contribution in [0.1, 0.15) is 39.7 Å². The van der Waals surface area contributed by atoms with Crippen LogP contribution in [0.5, 0.6) is 0 Å². The molecular weight excluding hydrogens is 428 g/mol. The molecule has 0 saturated carbocycles. The lowest BCUT2D eigenvalue weighted by Crippen LogP contribution is -2.39. The summed E-state index contributed by atoms with van der Waals surface area (Å²) in [4.78, 5) is 6.64. The first-order valence-corrected chi connectivity index (χ1v) is 12.5. The van der Waals surface area contributed by atoms with Gasteiger partial charge in [-0.25, -0.2) is 13.1 Å². The third-order valence-electron chi connectivity index (χ3n) is 5.29. The van der Waals surface area contributed by atoms with Gasteiger partial charge in [-0.15, -0.1) is 0 Å². The van der Waals surface area contributed by atoms with E-state index in [0.29, 0.717) is 25.5 Å². The lowest BCUT2D eigenvalue weighted by molar-refractivity contribution is -0.0553. The standard InChI is InChI=1S/C23H34N4O4S/c1-5-30-16-31-15-20(12-17(2)3)26-32(28,29)21-8-6-19(7-9-21)14-27-18(4)25-22-13-24-11-10-23(22)27/h6-11,13,17-18,20,25-26H,5,12,14-16H2,1-4H3/t18?,20-/m0/s1. The normalized spacial score (nSPS) is 16.8. The van der Waals surface area contributed by atoms with E-state index in [1.54, 1.807) is 18.3 Å². The van der Waals surface area contributed by atoms with Crippen molar-refractivity contribution < 1.29 is 17.9 Å². The maximum atomic E-state index is 13.0. The molecule has 2 atom stereocenters. The molecule has 176 valence electrons. The molecular formula is C23H34N4O4S. The Kier molecular flexibility index (Phi) is 8.47. The highest BCUT2D eigenvalue weighted by Gasteiger charge is 2.26. The summed E-state index contributed by atoms with van der Waals surface area (Å²) >= 11 is 0. The average Bonchev–Trinajstić information content (AvgIpc) is 3.06. The van der Waals surface area contributed by atoms with Gasteiger partial charge >= 0.3 is 0 Å². The zero-order chi connectivity index (χ0) is 23.1. The predicted octanol–water partition coefficient (Wildman–Crippen LogP) is 3.56. The number of sulfonamides is 1. The summed E-state index contributed by atoms with van der Waals surface area (Å²) in [7, 11) is -3.66. The predicted molar refractivity (Wildman–Crippen MR) is 126 cm³/mol. The Bertz CT molecular complexity index is 966. The maximum Gasteiger partial charge on any atom is 0.240 e. The summed E-state index contributed by atoms with van der Waals surface area (Å²) in [6, 6.07) is 8.71. The van der Waals surface area contributed by atoms with Crippen LogP contribution in [-0.4, -0.2) is 45.6 Å². The number of hydrogen-bond acceptors (Lipinski definition) is 7. The molecule has 0 saturated heterocycles. The molecule has 0 radical (unpaired) electrons. The van der Waals surface area contributed by atoms with Gasteiger partial charge in [-0.3, -0.25) is 4.98 Å². The molecule has 3 rings (SSSR count). The van der Waals surface area contributed by atoms with E-state index >= 15 is 0 Å². The van der Waals surface area contributed by atoms with Gasteiger partial charge in [-0.05, 0) is 49.9 Å².